The van der Waals surface area contributed by atoms with E-state index in [4.69, 9.17) is 19.9 Å². The summed E-state index contributed by atoms with van der Waals surface area (Å²) in [6, 6.07) is 7.63. The van der Waals surface area contributed by atoms with Gasteiger partial charge in [0.2, 0.25) is 0 Å². The highest BCUT2D eigenvalue weighted by Gasteiger charge is 2.16. The van der Waals surface area contributed by atoms with Gasteiger partial charge in [0, 0.05) is 23.8 Å². The van der Waals surface area contributed by atoms with Crippen molar-refractivity contribution >= 4 is 16.9 Å². The van der Waals surface area contributed by atoms with Crippen LogP contribution in [-0.2, 0) is 6.54 Å². The lowest BCUT2D eigenvalue weighted by molar-refractivity contribution is 0.390. The normalized spacial score (nSPS) is 10.8. The van der Waals surface area contributed by atoms with Gasteiger partial charge in [-0.15, -0.1) is 0 Å². The minimum absolute atomic E-state index is 0.113. The van der Waals surface area contributed by atoms with E-state index in [1.54, 1.807) is 25.3 Å². The van der Waals surface area contributed by atoms with Crippen molar-refractivity contribution < 1.29 is 18.6 Å². The predicted octanol–water partition coefficient (Wildman–Crippen LogP) is 2.19. The van der Waals surface area contributed by atoms with Crippen LogP contribution in [-0.4, -0.2) is 30.9 Å². The summed E-state index contributed by atoms with van der Waals surface area (Å²) in [6.07, 6.45) is 0. The summed E-state index contributed by atoms with van der Waals surface area (Å²) >= 11 is 0. The van der Waals surface area contributed by atoms with E-state index in [1.807, 2.05) is 0 Å². The third-order valence-electron chi connectivity index (χ3n) is 4.05. The van der Waals surface area contributed by atoms with Crippen LogP contribution in [0.2, 0.25) is 0 Å². The lowest BCUT2D eigenvalue weighted by Crippen LogP contribution is -2.25. The Morgan fingerprint density at radius 3 is 2.46 bits per heavy atom. The van der Waals surface area contributed by atoms with Crippen molar-refractivity contribution in [1.82, 2.24) is 9.55 Å². The number of nitrogens with two attached hydrogens (primary N) is 1. The highest BCUT2D eigenvalue weighted by molar-refractivity contribution is 5.82. The molecule has 2 N–H and O–H groups in total. The smallest absolute Gasteiger partial charge is 0.293 e. The Kier molecular flexibility index (Phi) is 4.66. The average molecular weight is 359 g/mol. The van der Waals surface area contributed by atoms with Crippen LogP contribution in [0.15, 0.2) is 35.1 Å². The van der Waals surface area contributed by atoms with Crippen LogP contribution >= 0.6 is 0 Å². The fourth-order valence-corrected chi connectivity index (χ4v) is 2.76. The Morgan fingerprint density at radius 2 is 1.81 bits per heavy atom. The van der Waals surface area contributed by atoms with Crippen LogP contribution in [0.25, 0.3) is 11.0 Å². The molecule has 3 rings (SSSR count). The van der Waals surface area contributed by atoms with Crippen molar-refractivity contribution in [3.05, 3.63) is 52.1 Å². The van der Waals surface area contributed by atoms with Crippen LogP contribution in [0.5, 0.6) is 17.2 Å². The monoisotopic (exact) mass is 359 g/mol. The van der Waals surface area contributed by atoms with E-state index < -0.39 is 11.4 Å². The molecule has 7 nitrogen and oxygen atoms in total. The number of fused-ring (bicyclic) bond motifs is 1. The molecule has 3 aromatic rings. The number of ether oxygens (including phenoxy) is 3. The van der Waals surface area contributed by atoms with Crippen molar-refractivity contribution in [2.24, 2.45) is 0 Å². The molecule has 0 unspecified atom stereocenters. The Balaban J connectivity index is 2.24. The zero-order chi connectivity index (χ0) is 18.8. The SMILES string of the molecule is COc1ccc(Cn2c(=O)c(N)nc3c(OC)cc(F)cc32)c(OC)c1. The quantitative estimate of drug-likeness (QED) is 0.751. The lowest BCUT2D eigenvalue weighted by atomic mass is 10.1. The molecule has 8 heteroatoms. The van der Waals surface area contributed by atoms with E-state index in [-0.39, 0.29) is 23.6 Å². The van der Waals surface area contributed by atoms with Crippen molar-refractivity contribution in [3.63, 3.8) is 0 Å². The molecule has 0 amide bonds. The first-order chi connectivity index (χ1) is 12.5. The van der Waals surface area contributed by atoms with E-state index >= 15 is 0 Å². The van der Waals surface area contributed by atoms with E-state index in [0.29, 0.717) is 22.6 Å². The second-order valence-corrected chi connectivity index (χ2v) is 5.54. The summed E-state index contributed by atoms with van der Waals surface area (Å²) in [4.78, 5) is 16.6. The number of nitrogens with zero attached hydrogens (tertiary/aromatic N) is 2. The van der Waals surface area contributed by atoms with Gasteiger partial charge in [0.25, 0.3) is 5.56 Å². The molecule has 0 atom stereocenters. The molecule has 26 heavy (non-hydrogen) atoms. The zero-order valence-electron chi connectivity index (χ0n) is 14.6. The minimum Gasteiger partial charge on any atom is -0.497 e. The summed E-state index contributed by atoms with van der Waals surface area (Å²) in [5.74, 6) is 0.598. The van der Waals surface area contributed by atoms with E-state index in [1.165, 1.54) is 30.9 Å². The standard InChI is InChI=1S/C18H18FN3O4/c1-24-12-5-4-10(14(8-12)25-2)9-22-13-6-11(19)7-15(26-3)16(13)21-17(20)18(22)23/h4-8H,9H2,1-3H3,(H2,20,21). The molecule has 0 aliphatic carbocycles. The maximum atomic E-state index is 14.0. The number of nitrogen functional groups attached to an aromatic ring is 1. The molecule has 0 radical (unpaired) electrons. The molecule has 1 heterocycles. The first-order valence-corrected chi connectivity index (χ1v) is 7.73. The maximum absolute atomic E-state index is 14.0. The van der Waals surface area contributed by atoms with Crippen LogP contribution in [0, 0.1) is 5.82 Å². The van der Waals surface area contributed by atoms with Gasteiger partial charge in [-0.05, 0) is 12.1 Å². The summed E-state index contributed by atoms with van der Waals surface area (Å²) in [5.41, 5.74) is 6.53. The van der Waals surface area contributed by atoms with Gasteiger partial charge in [0.15, 0.2) is 5.82 Å². The van der Waals surface area contributed by atoms with Crippen molar-refractivity contribution in [3.8, 4) is 17.2 Å². The second-order valence-electron chi connectivity index (χ2n) is 5.54. The number of halogens is 1. The molecule has 0 saturated heterocycles. The van der Waals surface area contributed by atoms with Crippen LogP contribution in [0.4, 0.5) is 10.2 Å². The number of anilines is 1. The molecule has 0 bridgehead atoms. The summed E-state index contributed by atoms with van der Waals surface area (Å²) < 4.78 is 31.0. The van der Waals surface area contributed by atoms with Gasteiger partial charge in [-0.3, -0.25) is 9.36 Å². The van der Waals surface area contributed by atoms with E-state index in [2.05, 4.69) is 4.98 Å². The van der Waals surface area contributed by atoms with E-state index in [9.17, 15) is 9.18 Å². The van der Waals surface area contributed by atoms with Crippen molar-refractivity contribution in [1.29, 1.82) is 0 Å². The number of methoxy groups -OCH3 is 3. The zero-order valence-corrected chi connectivity index (χ0v) is 14.6. The maximum Gasteiger partial charge on any atom is 0.293 e. The summed E-state index contributed by atoms with van der Waals surface area (Å²) in [5, 5.41) is 0. The molecule has 0 aliphatic heterocycles. The van der Waals surface area contributed by atoms with Crippen LogP contribution < -0.4 is 25.5 Å². The predicted molar refractivity (Wildman–Crippen MR) is 95.6 cm³/mol. The molecule has 0 fully saturated rings. The molecule has 1 aromatic heterocycles. The van der Waals surface area contributed by atoms with Gasteiger partial charge < -0.3 is 19.9 Å². The Hall–Kier alpha value is -3.29. The largest absolute Gasteiger partial charge is 0.497 e. The van der Waals surface area contributed by atoms with Gasteiger partial charge in [-0.25, -0.2) is 9.37 Å². The highest BCUT2D eigenvalue weighted by atomic mass is 19.1. The van der Waals surface area contributed by atoms with Crippen LogP contribution in [0.1, 0.15) is 5.56 Å². The third-order valence-corrected chi connectivity index (χ3v) is 4.05. The van der Waals surface area contributed by atoms with Gasteiger partial charge in [0.1, 0.15) is 28.6 Å². The van der Waals surface area contributed by atoms with E-state index in [0.717, 1.165) is 0 Å². The molecule has 0 aliphatic rings. The summed E-state index contributed by atoms with van der Waals surface area (Å²) in [7, 11) is 4.46. The molecule has 136 valence electrons. The van der Waals surface area contributed by atoms with Gasteiger partial charge in [-0.2, -0.15) is 0 Å². The van der Waals surface area contributed by atoms with Crippen molar-refractivity contribution in [2.45, 2.75) is 6.54 Å². The number of rotatable bonds is 5. The lowest BCUT2D eigenvalue weighted by Gasteiger charge is -2.15. The number of hydrogen-bond donors (Lipinski definition) is 1. The number of benzene rings is 2. The summed E-state index contributed by atoms with van der Waals surface area (Å²) in [6.45, 7) is 0.113. The molecule has 0 spiro atoms. The van der Waals surface area contributed by atoms with Crippen molar-refractivity contribution in [2.75, 3.05) is 27.1 Å². The second kappa shape index (κ2) is 6.91. The number of hydrogen-bond acceptors (Lipinski definition) is 6. The topological polar surface area (TPSA) is 88.6 Å². The Morgan fingerprint density at radius 1 is 1.08 bits per heavy atom. The Labute approximate surface area is 148 Å². The van der Waals surface area contributed by atoms with Crippen LogP contribution in [0.3, 0.4) is 0 Å². The fraction of sp³-hybridized carbons (Fsp3) is 0.222. The third kappa shape index (κ3) is 3.01. The molecular formula is C18H18FN3O4. The first-order valence-electron chi connectivity index (χ1n) is 7.73. The fourth-order valence-electron chi connectivity index (χ4n) is 2.76. The van der Waals surface area contributed by atoms with Gasteiger partial charge in [0.05, 0.1) is 33.4 Å². The van der Waals surface area contributed by atoms with Gasteiger partial charge in [-0.1, -0.05) is 0 Å². The molecule has 0 saturated carbocycles. The Bertz CT molecular complexity index is 1030. The molecular weight excluding hydrogens is 341 g/mol. The average Bonchev–Trinajstić information content (AvgIpc) is 2.65. The first kappa shape index (κ1) is 17.5. The molecule has 2 aromatic carbocycles. The number of aromatic nitrogens is 2. The highest BCUT2D eigenvalue weighted by Crippen LogP contribution is 2.28. The minimum atomic E-state index is -0.546. The van der Waals surface area contributed by atoms with Gasteiger partial charge >= 0.3 is 0 Å².